The smallest absolute Gasteiger partial charge is 0.242 e. The zero-order valence-corrected chi connectivity index (χ0v) is 24.8. The molecule has 2 atom stereocenters. The lowest BCUT2D eigenvalue weighted by molar-refractivity contribution is -0.139. The van der Waals surface area contributed by atoms with Crippen LogP contribution in [0.25, 0.3) is 0 Å². The Kier molecular flexibility index (Phi) is 11.2. The maximum Gasteiger partial charge on any atom is 0.242 e. The van der Waals surface area contributed by atoms with Crippen molar-refractivity contribution in [3.8, 4) is 5.75 Å². The molecule has 2 aliphatic heterocycles. The Morgan fingerprint density at radius 3 is 2.56 bits per heavy atom. The summed E-state index contributed by atoms with van der Waals surface area (Å²) < 4.78 is 7.80. The molecule has 2 aliphatic rings. The number of nitrogens with zero attached hydrogens (tertiary/aromatic N) is 5. The summed E-state index contributed by atoms with van der Waals surface area (Å²) in [7, 11) is 2.01. The van der Waals surface area contributed by atoms with E-state index < -0.39 is 6.04 Å². The molecule has 3 amide bonds. The predicted molar refractivity (Wildman–Crippen MR) is 157 cm³/mol. The highest BCUT2D eigenvalue weighted by Crippen LogP contribution is 2.26. The van der Waals surface area contributed by atoms with Crippen molar-refractivity contribution >= 4 is 17.7 Å². The molecule has 0 radical (unpaired) electrons. The van der Waals surface area contributed by atoms with Gasteiger partial charge in [0.15, 0.2) is 0 Å². The van der Waals surface area contributed by atoms with E-state index in [9.17, 15) is 14.4 Å². The maximum absolute atomic E-state index is 13.5. The van der Waals surface area contributed by atoms with Crippen LogP contribution in [0.5, 0.6) is 5.75 Å². The van der Waals surface area contributed by atoms with Gasteiger partial charge < -0.3 is 24.4 Å². The van der Waals surface area contributed by atoms with Gasteiger partial charge in [-0.1, -0.05) is 32.0 Å². The van der Waals surface area contributed by atoms with E-state index in [4.69, 9.17) is 4.74 Å². The second-order valence-electron chi connectivity index (χ2n) is 11.6. The van der Waals surface area contributed by atoms with Crippen molar-refractivity contribution in [2.45, 2.75) is 71.0 Å². The lowest BCUT2D eigenvalue weighted by Gasteiger charge is -2.31. The molecule has 1 aromatic heterocycles. The number of aryl methyl sites for hydroxylation is 1. The third-order valence-corrected chi connectivity index (χ3v) is 7.93. The highest BCUT2D eigenvalue weighted by molar-refractivity contribution is 5.89. The molecule has 41 heavy (non-hydrogen) atoms. The van der Waals surface area contributed by atoms with E-state index in [-0.39, 0.29) is 42.7 Å². The molecule has 0 aliphatic carbocycles. The summed E-state index contributed by atoms with van der Waals surface area (Å²) in [6.07, 6.45) is 7.47. The van der Waals surface area contributed by atoms with E-state index in [1.807, 2.05) is 73.1 Å². The standard InChI is InChI=1S/C31H46N6O4/c1-24(2)20-30(39)36-17-9-16-35(23-28-32-14-18-34(28)3)15-8-7-13-33-31(40)27-21-25(36)22-37(27)29(38)12-19-41-26-10-5-4-6-11-26/h4-6,10-11,14,18,24-25,27H,7-9,12-13,15-17,19-23H2,1-3H3,(H,33,40)/t25-,27-/m0/s1. The van der Waals surface area contributed by atoms with Gasteiger partial charge in [0.25, 0.3) is 0 Å². The van der Waals surface area contributed by atoms with Gasteiger partial charge in [-0.15, -0.1) is 0 Å². The van der Waals surface area contributed by atoms with E-state index in [0.717, 1.165) is 44.7 Å². The Labute approximate surface area is 244 Å². The number of carbonyl (C=O) groups is 3. The Morgan fingerprint density at radius 2 is 1.83 bits per heavy atom. The first-order valence-corrected chi connectivity index (χ1v) is 15.0. The van der Waals surface area contributed by atoms with E-state index >= 15 is 0 Å². The molecule has 0 saturated carbocycles. The van der Waals surface area contributed by atoms with E-state index in [1.165, 1.54) is 0 Å². The zero-order valence-electron chi connectivity index (χ0n) is 24.8. The lowest BCUT2D eigenvalue weighted by Crippen LogP contribution is -2.46. The summed E-state index contributed by atoms with van der Waals surface area (Å²) in [6.45, 7) is 8.33. The Bertz CT molecular complexity index is 1140. The van der Waals surface area contributed by atoms with Gasteiger partial charge in [-0.25, -0.2) is 4.98 Å². The van der Waals surface area contributed by atoms with Crippen LogP contribution in [0.15, 0.2) is 42.7 Å². The van der Waals surface area contributed by atoms with Crippen molar-refractivity contribution in [2.75, 3.05) is 39.3 Å². The zero-order chi connectivity index (χ0) is 29.2. The number of hydrogen-bond donors (Lipinski definition) is 1. The van der Waals surface area contributed by atoms with E-state index in [2.05, 4.69) is 15.2 Å². The molecule has 224 valence electrons. The van der Waals surface area contributed by atoms with Gasteiger partial charge in [0.2, 0.25) is 17.7 Å². The molecule has 1 N–H and O–H groups in total. The number of hydrogen-bond acceptors (Lipinski definition) is 6. The van der Waals surface area contributed by atoms with Crippen LogP contribution in [0.1, 0.15) is 58.2 Å². The molecular weight excluding hydrogens is 520 g/mol. The summed E-state index contributed by atoms with van der Waals surface area (Å²) in [5.74, 6) is 1.78. The summed E-state index contributed by atoms with van der Waals surface area (Å²) in [6, 6.07) is 8.63. The first-order valence-electron chi connectivity index (χ1n) is 15.0. The summed E-state index contributed by atoms with van der Waals surface area (Å²) in [4.78, 5) is 50.7. The minimum Gasteiger partial charge on any atom is -0.493 e. The van der Waals surface area contributed by atoms with Gasteiger partial charge in [-0.05, 0) is 50.3 Å². The molecular formula is C31H46N6O4. The number of amides is 3. The number of para-hydroxylation sites is 1. The first kappa shape index (κ1) is 30.6. The largest absolute Gasteiger partial charge is 0.493 e. The number of aromatic nitrogens is 2. The highest BCUT2D eigenvalue weighted by atomic mass is 16.5. The van der Waals surface area contributed by atoms with Crippen molar-refractivity contribution in [3.05, 3.63) is 48.5 Å². The monoisotopic (exact) mass is 566 g/mol. The molecule has 1 aromatic carbocycles. The molecule has 10 heteroatoms. The van der Waals surface area contributed by atoms with Gasteiger partial charge in [-0.2, -0.15) is 0 Å². The Hall–Kier alpha value is -3.40. The third kappa shape index (κ3) is 8.79. The predicted octanol–water partition coefficient (Wildman–Crippen LogP) is 2.84. The third-order valence-electron chi connectivity index (χ3n) is 7.93. The Balaban J connectivity index is 1.47. The number of fused-ring (bicyclic) bond motifs is 2. The van der Waals surface area contributed by atoms with Gasteiger partial charge >= 0.3 is 0 Å². The number of nitrogens with one attached hydrogen (secondary N) is 1. The van der Waals surface area contributed by atoms with Crippen LogP contribution in [0.3, 0.4) is 0 Å². The average Bonchev–Trinajstić information content (AvgIpc) is 3.56. The van der Waals surface area contributed by atoms with Crippen LogP contribution < -0.4 is 10.1 Å². The average molecular weight is 567 g/mol. The number of benzene rings is 1. The van der Waals surface area contributed by atoms with Crippen molar-refractivity contribution in [3.63, 3.8) is 0 Å². The minimum atomic E-state index is -0.582. The second kappa shape index (κ2) is 15.0. The fraction of sp³-hybridized carbons (Fsp3) is 0.613. The fourth-order valence-corrected chi connectivity index (χ4v) is 5.73. The number of ether oxygens (including phenoxy) is 1. The van der Waals surface area contributed by atoms with Crippen molar-refractivity contribution in [1.82, 2.24) is 29.6 Å². The first-order chi connectivity index (χ1) is 19.8. The molecule has 4 rings (SSSR count). The van der Waals surface area contributed by atoms with Gasteiger partial charge in [0.1, 0.15) is 17.6 Å². The topological polar surface area (TPSA) is 100 Å². The van der Waals surface area contributed by atoms with Crippen LogP contribution in [-0.4, -0.2) is 93.4 Å². The molecule has 2 fully saturated rings. The van der Waals surface area contributed by atoms with Gasteiger partial charge in [-0.3, -0.25) is 19.3 Å². The SMILES string of the molecule is CC(C)CC(=O)N1CCCN(Cc2nccn2C)CCCCNC(=O)[C@@H]2C[C@H]1CN2C(=O)CCOc1ccccc1. The van der Waals surface area contributed by atoms with E-state index in [0.29, 0.717) is 38.2 Å². The van der Waals surface area contributed by atoms with Crippen molar-refractivity contribution in [1.29, 1.82) is 0 Å². The maximum atomic E-state index is 13.5. The van der Waals surface area contributed by atoms with Crippen LogP contribution in [0, 0.1) is 5.92 Å². The molecule has 0 spiro atoms. The molecule has 2 aromatic rings. The summed E-state index contributed by atoms with van der Waals surface area (Å²) >= 11 is 0. The Morgan fingerprint density at radius 1 is 1.05 bits per heavy atom. The van der Waals surface area contributed by atoms with Crippen LogP contribution in [0.4, 0.5) is 0 Å². The lowest BCUT2D eigenvalue weighted by atomic mass is 10.1. The number of carbonyl (C=O) groups excluding carboxylic acids is 3. The van der Waals surface area contributed by atoms with Gasteiger partial charge in [0.05, 0.1) is 25.6 Å². The number of rotatable bonds is 8. The summed E-state index contributed by atoms with van der Waals surface area (Å²) in [5, 5.41) is 3.07. The normalized spacial score (nSPS) is 21.0. The van der Waals surface area contributed by atoms with E-state index in [1.54, 1.807) is 4.90 Å². The fourth-order valence-electron chi connectivity index (χ4n) is 5.73. The molecule has 0 unspecified atom stereocenters. The summed E-state index contributed by atoms with van der Waals surface area (Å²) in [5.41, 5.74) is 0. The second-order valence-corrected chi connectivity index (χ2v) is 11.6. The number of likely N-dealkylation sites (tertiary alicyclic amines) is 1. The quantitative estimate of drug-likeness (QED) is 0.528. The van der Waals surface area contributed by atoms with Crippen LogP contribution >= 0.6 is 0 Å². The molecule has 10 nitrogen and oxygen atoms in total. The van der Waals surface area contributed by atoms with Crippen LogP contribution in [0.2, 0.25) is 0 Å². The van der Waals surface area contributed by atoms with Crippen LogP contribution in [-0.2, 0) is 28.0 Å². The number of imidazole rings is 1. The molecule has 2 saturated heterocycles. The minimum absolute atomic E-state index is 0.0913. The highest BCUT2D eigenvalue weighted by Gasteiger charge is 2.42. The molecule has 3 heterocycles. The molecule has 2 bridgehead atoms. The van der Waals surface area contributed by atoms with Gasteiger partial charge in [0, 0.05) is 52.0 Å². The van der Waals surface area contributed by atoms with Crippen molar-refractivity contribution in [2.24, 2.45) is 13.0 Å². The van der Waals surface area contributed by atoms with Crippen molar-refractivity contribution < 1.29 is 19.1 Å².